The van der Waals surface area contributed by atoms with Gasteiger partial charge in [-0.3, -0.25) is 0 Å². The molecule has 0 fully saturated rings. The van der Waals surface area contributed by atoms with E-state index in [1.165, 1.54) is 0 Å². The van der Waals surface area contributed by atoms with Crippen molar-refractivity contribution < 1.29 is 4.74 Å². The van der Waals surface area contributed by atoms with Crippen LogP contribution in [0.3, 0.4) is 0 Å². The van der Waals surface area contributed by atoms with Crippen molar-refractivity contribution in [3.63, 3.8) is 0 Å². The van der Waals surface area contributed by atoms with E-state index in [1.54, 1.807) is 7.11 Å². The molecule has 0 radical (unpaired) electrons. The van der Waals surface area contributed by atoms with E-state index in [2.05, 4.69) is 5.10 Å². The lowest BCUT2D eigenvalue weighted by Crippen LogP contribution is -2.44. The Morgan fingerprint density at radius 2 is 2.17 bits per heavy atom. The molecule has 0 aliphatic heterocycles. The highest BCUT2D eigenvalue weighted by molar-refractivity contribution is 5.77. The average molecular weight is 174 g/mol. The van der Waals surface area contributed by atoms with Crippen LogP contribution in [-0.4, -0.2) is 37.2 Å². The Kier molecular flexibility index (Phi) is 5.19. The highest BCUT2D eigenvalue weighted by Gasteiger charge is 2.10. The molecule has 0 aromatic heterocycles. The summed E-state index contributed by atoms with van der Waals surface area (Å²) < 4.78 is 4.92. The van der Waals surface area contributed by atoms with Crippen molar-refractivity contribution in [3.05, 3.63) is 0 Å². The zero-order valence-electron chi connectivity index (χ0n) is 7.95. The van der Waals surface area contributed by atoms with Gasteiger partial charge in [0.05, 0.1) is 6.61 Å². The molecule has 0 aliphatic carbocycles. The second kappa shape index (κ2) is 5.65. The Labute approximate surface area is 73.3 Å². The SMILES string of the molecule is COCCN(C(N)=NN)C(C)C. The standard InChI is InChI=1S/C7H18N4O/c1-6(2)11(4-5-12-3)7(8)10-9/h6H,4-5,9H2,1-3H3,(H2,8,10). The maximum absolute atomic E-state index is 5.55. The van der Waals surface area contributed by atoms with Crippen LogP contribution in [-0.2, 0) is 4.74 Å². The first-order valence-corrected chi connectivity index (χ1v) is 3.92. The van der Waals surface area contributed by atoms with E-state index >= 15 is 0 Å². The summed E-state index contributed by atoms with van der Waals surface area (Å²) in [6.07, 6.45) is 0. The molecule has 0 amide bonds. The highest BCUT2D eigenvalue weighted by Crippen LogP contribution is 1.96. The van der Waals surface area contributed by atoms with Crippen LogP contribution in [0.15, 0.2) is 5.10 Å². The number of hydrazone groups is 1. The van der Waals surface area contributed by atoms with E-state index in [4.69, 9.17) is 16.3 Å². The van der Waals surface area contributed by atoms with Gasteiger partial charge in [-0.25, -0.2) is 0 Å². The maximum atomic E-state index is 5.55. The number of hydrogen-bond acceptors (Lipinski definition) is 3. The molecule has 0 heterocycles. The molecule has 5 nitrogen and oxygen atoms in total. The normalized spacial score (nSPS) is 12.2. The molecule has 0 unspecified atom stereocenters. The fourth-order valence-corrected chi connectivity index (χ4v) is 0.901. The van der Waals surface area contributed by atoms with Crippen molar-refractivity contribution in [2.24, 2.45) is 16.7 Å². The summed E-state index contributed by atoms with van der Waals surface area (Å²) in [5.41, 5.74) is 5.55. The molecule has 0 bridgehead atoms. The van der Waals surface area contributed by atoms with Crippen molar-refractivity contribution in [3.8, 4) is 0 Å². The summed E-state index contributed by atoms with van der Waals surface area (Å²) in [6, 6.07) is 0.285. The molecule has 12 heavy (non-hydrogen) atoms. The topological polar surface area (TPSA) is 76.9 Å². The van der Waals surface area contributed by atoms with Crippen LogP contribution in [0.25, 0.3) is 0 Å². The minimum atomic E-state index is 0.285. The van der Waals surface area contributed by atoms with Crippen LogP contribution in [0.2, 0.25) is 0 Å². The van der Waals surface area contributed by atoms with Crippen LogP contribution >= 0.6 is 0 Å². The molecule has 0 spiro atoms. The van der Waals surface area contributed by atoms with E-state index < -0.39 is 0 Å². The van der Waals surface area contributed by atoms with Crippen LogP contribution in [0.4, 0.5) is 0 Å². The summed E-state index contributed by atoms with van der Waals surface area (Å²) in [7, 11) is 1.65. The number of hydrogen-bond donors (Lipinski definition) is 2. The molecule has 0 saturated heterocycles. The third-order valence-corrected chi connectivity index (χ3v) is 1.59. The number of nitrogens with zero attached hydrogens (tertiary/aromatic N) is 2. The minimum absolute atomic E-state index is 0.285. The average Bonchev–Trinajstić information content (AvgIpc) is 2.04. The predicted molar refractivity (Wildman–Crippen MR) is 49.5 cm³/mol. The molecule has 0 aromatic carbocycles. The van der Waals surface area contributed by atoms with Gasteiger partial charge in [-0.05, 0) is 13.8 Å². The number of rotatable bonds is 4. The van der Waals surface area contributed by atoms with Crippen molar-refractivity contribution >= 4 is 5.96 Å². The Hall–Kier alpha value is -0.970. The van der Waals surface area contributed by atoms with Gasteiger partial charge in [-0.2, -0.15) is 0 Å². The molecule has 0 atom stereocenters. The van der Waals surface area contributed by atoms with Crippen molar-refractivity contribution in [2.75, 3.05) is 20.3 Å². The van der Waals surface area contributed by atoms with Crippen LogP contribution in [0.1, 0.15) is 13.8 Å². The second-order valence-corrected chi connectivity index (χ2v) is 2.77. The fraction of sp³-hybridized carbons (Fsp3) is 0.857. The van der Waals surface area contributed by atoms with Crippen LogP contribution < -0.4 is 11.6 Å². The smallest absolute Gasteiger partial charge is 0.213 e. The second-order valence-electron chi connectivity index (χ2n) is 2.77. The van der Waals surface area contributed by atoms with E-state index in [0.29, 0.717) is 19.1 Å². The molecule has 0 aliphatic rings. The first kappa shape index (κ1) is 11.0. The summed E-state index contributed by atoms with van der Waals surface area (Å²) in [4.78, 5) is 1.88. The Bertz CT molecular complexity index is 146. The van der Waals surface area contributed by atoms with Crippen LogP contribution in [0.5, 0.6) is 0 Å². The Morgan fingerprint density at radius 3 is 2.50 bits per heavy atom. The number of guanidine groups is 1. The Balaban J connectivity index is 4.04. The third-order valence-electron chi connectivity index (χ3n) is 1.59. The van der Waals surface area contributed by atoms with Gasteiger partial charge in [-0.1, -0.05) is 0 Å². The van der Waals surface area contributed by atoms with Gasteiger partial charge < -0.3 is 21.2 Å². The largest absolute Gasteiger partial charge is 0.383 e. The first-order valence-electron chi connectivity index (χ1n) is 3.92. The maximum Gasteiger partial charge on any atom is 0.213 e. The van der Waals surface area contributed by atoms with E-state index in [-0.39, 0.29) is 6.04 Å². The summed E-state index contributed by atoms with van der Waals surface area (Å²) >= 11 is 0. The molecule has 0 rings (SSSR count). The molecular formula is C7H18N4O. The number of ether oxygens (including phenoxy) is 1. The highest BCUT2D eigenvalue weighted by atomic mass is 16.5. The molecule has 0 saturated carbocycles. The lowest BCUT2D eigenvalue weighted by molar-refractivity contribution is 0.166. The van der Waals surface area contributed by atoms with E-state index in [0.717, 1.165) is 0 Å². The van der Waals surface area contributed by atoms with Crippen molar-refractivity contribution in [1.82, 2.24) is 4.90 Å². The van der Waals surface area contributed by atoms with E-state index in [9.17, 15) is 0 Å². The van der Waals surface area contributed by atoms with Gasteiger partial charge in [-0.15, -0.1) is 5.10 Å². The summed E-state index contributed by atoms with van der Waals surface area (Å²) in [5, 5.41) is 3.43. The van der Waals surface area contributed by atoms with Gasteiger partial charge in [0.2, 0.25) is 5.96 Å². The van der Waals surface area contributed by atoms with Gasteiger partial charge >= 0.3 is 0 Å². The fourth-order valence-electron chi connectivity index (χ4n) is 0.901. The number of methoxy groups -OCH3 is 1. The van der Waals surface area contributed by atoms with Crippen molar-refractivity contribution in [2.45, 2.75) is 19.9 Å². The first-order chi connectivity index (χ1) is 5.63. The molecular weight excluding hydrogens is 156 g/mol. The Morgan fingerprint density at radius 1 is 1.58 bits per heavy atom. The third kappa shape index (κ3) is 3.43. The molecule has 72 valence electrons. The van der Waals surface area contributed by atoms with E-state index in [1.807, 2.05) is 18.7 Å². The molecule has 4 N–H and O–H groups in total. The van der Waals surface area contributed by atoms with Gasteiger partial charge in [0, 0.05) is 19.7 Å². The zero-order chi connectivity index (χ0) is 9.56. The minimum Gasteiger partial charge on any atom is -0.383 e. The summed E-state index contributed by atoms with van der Waals surface area (Å²) in [6.45, 7) is 5.37. The molecule has 5 heteroatoms. The van der Waals surface area contributed by atoms with Crippen LogP contribution in [0, 0.1) is 0 Å². The summed E-state index contributed by atoms with van der Waals surface area (Å²) in [5.74, 6) is 5.41. The quantitative estimate of drug-likeness (QED) is 0.261. The zero-order valence-corrected chi connectivity index (χ0v) is 7.95. The molecule has 0 aromatic rings. The van der Waals surface area contributed by atoms with Gasteiger partial charge in [0.15, 0.2) is 0 Å². The lowest BCUT2D eigenvalue weighted by atomic mass is 10.3. The predicted octanol–water partition coefficient (Wildman–Crippen LogP) is -0.468. The van der Waals surface area contributed by atoms with Gasteiger partial charge in [0.1, 0.15) is 0 Å². The lowest BCUT2D eigenvalue weighted by Gasteiger charge is -2.26. The van der Waals surface area contributed by atoms with Gasteiger partial charge in [0.25, 0.3) is 0 Å². The number of nitrogens with two attached hydrogens (primary N) is 2. The van der Waals surface area contributed by atoms with Crippen molar-refractivity contribution in [1.29, 1.82) is 0 Å². The monoisotopic (exact) mass is 174 g/mol.